The quantitative estimate of drug-likeness (QED) is 0.226. The lowest BCUT2D eigenvalue weighted by Gasteiger charge is -2.34. The average molecular weight is 635 g/mol. The molecule has 1 unspecified atom stereocenters. The summed E-state index contributed by atoms with van der Waals surface area (Å²) in [5.74, 6) is -0.767. The zero-order chi connectivity index (χ0) is 31.1. The SMILES string of the molecule is CS(=O)(=O)c1cccc(-c2ccc(C(O)CNC3CCN(c4cc(C(F)(F)F)c5c(N)c(C(N)=O)sc5n4)CC3)nc2)c1. The third kappa shape index (κ3) is 6.59. The number of alkyl halides is 3. The zero-order valence-corrected chi connectivity index (χ0v) is 24.6. The highest BCUT2D eigenvalue weighted by atomic mass is 32.2. The molecule has 0 saturated carbocycles. The van der Waals surface area contributed by atoms with Crippen LogP contribution in [0.4, 0.5) is 24.7 Å². The minimum atomic E-state index is -4.71. The van der Waals surface area contributed by atoms with Gasteiger partial charge in [-0.25, -0.2) is 13.4 Å². The number of carbonyl (C=O) groups is 1. The number of thiophene rings is 1. The van der Waals surface area contributed by atoms with E-state index in [1.807, 2.05) is 0 Å². The summed E-state index contributed by atoms with van der Waals surface area (Å²) in [7, 11) is -3.35. The summed E-state index contributed by atoms with van der Waals surface area (Å²) in [6.45, 7) is 1.06. The molecule has 43 heavy (non-hydrogen) atoms. The first-order valence-electron chi connectivity index (χ1n) is 13.2. The monoisotopic (exact) mass is 634 g/mol. The molecule has 1 atom stereocenters. The van der Waals surface area contributed by atoms with Gasteiger partial charge in [0.25, 0.3) is 5.91 Å². The van der Waals surface area contributed by atoms with E-state index in [1.165, 1.54) is 6.07 Å². The molecule has 1 aliphatic rings. The van der Waals surface area contributed by atoms with Crippen molar-refractivity contribution in [3.8, 4) is 11.1 Å². The van der Waals surface area contributed by atoms with E-state index in [1.54, 1.807) is 41.4 Å². The Labute approximate surface area is 249 Å². The number of nitrogen functional groups attached to an aromatic ring is 1. The van der Waals surface area contributed by atoms with Crippen molar-refractivity contribution >= 4 is 48.8 Å². The van der Waals surface area contributed by atoms with Crippen LogP contribution in [-0.4, -0.2) is 61.3 Å². The van der Waals surface area contributed by atoms with Gasteiger partial charge in [0.15, 0.2) is 9.84 Å². The molecule has 5 rings (SSSR count). The number of anilines is 2. The van der Waals surface area contributed by atoms with Crippen LogP contribution >= 0.6 is 11.3 Å². The summed E-state index contributed by atoms with van der Waals surface area (Å²) in [5, 5.41) is 13.7. The van der Waals surface area contributed by atoms with Crippen molar-refractivity contribution in [3.05, 3.63) is 64.8 Å². The van der Waals surface area contributed by atoms with E-state index in [9.17, 15) is 31.5 Å². The Morgan fingerprint density at radius 1 is 1.19 bits per heavy atom. The van der Waals surface area contributed by atoms with Crippen LogP contribution in [0, 0.1) is 0 Å². The topological polar surface area (TPSA) is 165 Å². The lowest BCUT2D eigenvalue weighted by molar-refractivity contribution is -0.136. The molecule has 1 amide bonds. The van der Waals surface area contributed by atoms with E-state index in [4.69, 9.17) is 11.5 Å². The fraction of sp³-hybridized carbons (Fsp3) is 0.321. The van der Waals surface area contributed by atoms with Crippen molar-refractivity contribution in [1.29, 1.82) is 0 Å². The van der Waals surface area contributed by atoms with Gasteiger partial charge >= 0.3 is 6.18 Å². The summed E-state index contributed by atoms with van der Waals surface area (Å²) in [4.78, 5) is 22.2. The molecule has 1 aromatic carbocycles. The normalized spacial score (nSPS) is 15.6. The van der Waals surface area contributed by atoms with Gasteiger partial charge in [0.1, 0.15) is 21.6 Å². The zero-order valence-electron chi connectivity index (χ0n) is 22.9. The molecule has 228 valence electrons. The van der Waals surface area contributed by atoms with Gasteiger partial charge in [-0.2, -0.15) is 13.2 Å². The number of fused-ring (bicyclic) bond motifs is 1. The Kier molecular flexibility index (Phi) is 8.35. The van der Waals surface area contributed by atoms with E-state index in [2.05, 4.69) is 15.3 Å². The van der Waals surface area contributed by atoms with Crippen LogP contribution in [0.2, 0.25) is 0 Å². The van der Waals surface area contributed by atoms with Gasteiger partial charge in [0.05, 0.1) is 21.8 Å². The maximum Gasteiger partial charge on any atom is 0.417 e. The van der Waals surface area contributed by atoms with Crippen LogP contribution < -0.4 is 21.7 Å². The van der Waals surface area contributed by atoms with Crippen molar-refractivity contribution in [2.75, 3.05) is 36.5 Å². The number of rotatable bonds is 8. The molecule has 10 nitrogen and oxygen atoms in total. The molecule has 6 N–H and O–H groups in total. The van der Waals surface area contributed by atoms with Crippen molar-refractivity contribution < 1.29 is 31.5 Å². The summed E-state index contributed by atoms with van der Waals surface area (Å²) in [6.07, 6.45) is -1.71. The van der Waals surface area contributed by atoms with Gasteiger partial charge in [0.2, 0.25) is 0 Å². The smallest absolute Gasteiger partial charge is 0.397 e. The second-order valence-electron chi connectivity index (χ2n) is 10.4. The maximum absolute atomic E-state index is 13.9. The van der Waals surface area contributed by atoms with Crippen LogP contribution in [0.15, 0.2) is 53.6 Å². The number of nitrogens with two attached hydrogens (primary N) is 2. The summed E-state index contributed by atoms with van der Waals surface area (Å²) in [6, 6.07) is 10.9. The Bertz CT molecular complexity index is 1770. The Morgan fingerprint density at radius 2 is 1.91 bits per heavy atom. The second-order valence-corrected chi connectivity index (χ2v) is 13.4. The van der Waals surface area contributed by atoms with Gasteiger partial charge < -0.3 is 26.8 Å². The molecule has 0 radical (unpaired) electrons. The first-order chi connectivity index (χ1) is 20.2. The fourth-order valence-corrected chi connectivity index (χ4v) is 6.69. The second kappa shape index (κ2) is 11.7. The van der Waals surface area contributed by atoms with Crippen molar-refractivity contribution in [2.45, 2.75) is 36.1 Å². The predicted octanol–water partition coefficient (Wildman–Crippen LogP) is 3.75. The highest BCUT2D eigenvalue weighted by molar-refractivity contribution is 7.90. The van der Waals surface area contributed by atoms with E-state index in [0.29, 0.717) is 42.8 Å². The Hall–Kier alpha value is -3.79. The van der Waals surface area contributed by atoms with Crippen molar-refractivity contribution in [3.63, 3.8) is 0 Å². The van der Waals surface area contributed by atoms with Gasteiger partial charge in [-0.3, -0.25) is 9.78 Å². The number of aliphatic hydroxyl groups excluding tert-OH is 1. The number of piperidine rings is 1. The van der Waals surface area contributed by atoms with Crippen LogP contribution in [0.1, 0.15) is 39.9 Å². The number of amides is 1. The lowest BCUT2D eigenvalue weighted by Crippen LogP contribution is -2.44. The van der Waals surface area contributed by atoms with E-state index >= 15 is 0 Å². The van der Waals surface area contributed by atoms with Gasteiger partial charge in [0, 0.05) is 49.1 Å². The van der Waals surface area contributed by atoms with Crippen LogP contribution in [0.3, 0.4) is 0 Å². The molecule has 4 heterocycles. The van der Waals surface area contributed by atoms with Crippen LogP contribution in [0.5, 0.6) is 0 Å². The number of pyridine rings is 2. The molecule has 0 aliphatic carbocycles. The predicted molar refractivity (Wildman–Crippen MR) is 159 cm³/mol. The molecule has 1 aliphatic heterocycles. The van der Waals surface area contributed by atoms with E-state index in [-0.39, 0.29) is 44.1 Å². The van der Waals surface area contributed by atoms with E-state index in [0.717, 1.165) is 23.7 Å². The molecular weight excluding hydrogens is 605 g/mol. The number of halogens is 3. The minimum Gasteiger partial charge on any atom is -0.397 e. The van der Waals surface area contributed by atoms with Gasteiger partial charge in [-0.15, -0.1) is 11.3 Å². The minimum absolute atomic E-state index is 0.00103. The third-order valence-corrected chi connectivity index (χ3v) is 9.58. The molecule has 4 aromatic rings. The van der Waals surface area contributed by atoms with Crippen molar-refractivity contribution in [2.24, 2.45) is 5.73 Å². The summed E-state index contributed by atoms with van der Waals surface area (Å²) in [5.41, 5.74) is 11.7. The maximum atomic E-state index is 13.9. The molecular formula is C28H29F3N6O4S2. The van der Waals surface area contributed by atoms with Gasteiger partial charge in [-0.05, 0) is 42.7 Å². The first-order valence-corrected chi connectivity index (χ1v) is 16.0. The number of aromatic nitrogens is 2. The number of sulfone groups is 1. The standard InChI is InChI=1S/C28H29F3N6O4S2/c1-43(40,41)18-4-2-3-15(11-18)16-5-6-20(35-13-16)21(38)14-34-17-7-9-37(10-8-17)22-12-19(28(29,30)31)23-24(32)25(26(33)39)42-27(23)36-22/h2-6,11-13,17,21,34,38H,7-10,14,32H2,1H3,(H2,33,39). The molecule has 0 bridgehead atoms. The lowest BCUT2D eigenvalue weighted by atomic mass is 10.0. The van der Waals surface area contributed by atoms with Crippen molar-refractivity contribution in [1.82, 2.24) is 15.3 Å². The molecule has 0 spiro atoms. The highest BCUT2D eigenvalue weighted by Crippen LogP contribution is 2.43. The molecule has 3 aromatic heterocycles. The molecule has 15 heteroatoms. The highest BCUT2D eigenvalue weighted by Gasteiger charge is 2.37. The third-order valence-electron chi connectivity index (χ3n) is 7.36. The number of primary amides is 1. The largest absolute Gasteiger partial charge is 0.417 e. The number of carbonyl (C=O) groups excluding carboxylic acids is 1. The Morgan fingerprint density at radius 3 is 2.51 bits per heavy atom. The molecule has 1 fully saturated rings. The number of aliphatic hydroxyl groups is 1. The molecule has 1 saturated heterocycles. The fourth-order valence-electron chi connectivity index (χ4n) is 5.05. The van der Waals surface area contributed by atoms with Crippen LogP contribution in [-0.2, 0) is 16.0 Å². The Balaban J connectivity index is 1.21. The first kappa shape index (κ1) is 30.7. The summed E-state index contributed by atoms with van der Waals surface area (Å²) >= 11 is 0.744. The number of nitrogens with zero attached hydrogens (tertiary/aromatic N) is 3. The number of benzene rings is 1. The van der Waals surface area contributed by atoms with E-state index < -0.39 is 33.6 Å². The number of nitrogens with one attached hydrogen (secondary N) is 1. The van der Waals surface area contributed by atoms with Gasteiger partial charge in [-0.1, -0.05) is 18.2 Å². The number of hydrogen-bond donors (Lipinski definition) is 4. The number of hydrogen-bond acceptors (Lipinski definition) is 10. The summed E-state index contributed by atoms with van der Waals surface area (Å²) < 4.78 is 65.5. The average Bonchev–Trinajstić information content (AvgIpc) is 3.31. The van der Waals surface area contributed by atoms with Crippen LogP contribution in [0.25, 0.3) is 21.3 Å².